The second kappa shape index (κ2) is 11.2. The molecule has 41 heavy (non-hydrogen) atoms. The number of piperidine rings is 1. The van der Waals surface area contributed by atoms with Crippen LogP contribution in [0.15, 0.2) is 42.9 Å². The molecule has 2 amide bonds. The number of anilines is 3. The number of pyridine rings is 2. The Morgan fingerprint density at radius 2 is 1.71 bits per heavy atom. The van der Waals surface area contributed by atoms with E-state index in [0.717, 1.165) is 18.3 Å². The zero-order chi connectivity index (χ0) is 30.0. The molecule has 0 aliphatic carbocycles. The van der Waals surface area contributed by atoms with Crippen LogP contribution >= 0.6 is 0 Å². The minimum absolute atomic E-state index is 0.210. The Balaban J connectivity index is 1.51. The Morgan fingerprint density at radius 1 is 1.05 bits per heavy atom. The minimum Gasteiger partial charge on any atom is -0.444 e. The zero-order valence-corrected chi connectivity index (χ0v) is 23.0. The number of hydrogen-bond acceptors (Lipinski definition) is 9. The third kappa shape index (κ3) is 7.18. The van der Waals surface area contributed by atoms with Crippen molar-refractivity contribution in [3.8, 4) is 11.4 Å². The van der Waals surface area contributed by atoms with Gasteiger partial charge in [-0.15, -0.1) is 0 Å². The number of hydrogen-bond donors (Lipinski definition) is 3. The summed E-state index contributed by atoms with van der Waals surface area (Å²) >= 11 is 0. The van der Waals surface area contributed by atoms with Crippen LogP contribution in [-0.4, -0.2) is 56.2 Å². The van der Waals surface area contributed by atoms with Crippen LogP contribution in [0.1, 0.15) is 56.6 Å². The summed E-state index contributed by atoms with van der Waals surface area (Å²) in [6, 6.07) is 5.52. The van der Waals surface area contributed by atoms with E-state index in [1.165, 1.54) is 12.4 Å². The minimum atomic E-state index is -4.69. The molecule has 0 bridgehead atoms. The predicted molar refractivity (Wildman–Crippen MR) is 146 cm³/mol. The first kappa shape index (κ1) is 29.5. The molecule has 1 aliphatic rings. The summed E-state index contributed by atoms with van der Waals surface area (Å²) in [6.45, 7) is 8.41. The number of halogens is 3. The van der Waals surface area contributed by atoms with Crippen molar-refractivity contribution in [3.63, 3.8) is 0 Å². The van der Waals surface area contributed by atoms with Crippen LogP contribution in [0, 0.1) is 0 Å². The lowest BCUT2D eigenvalue weighted by molar-refractivity contribution is -0.137. The van der Waals surface area contributed by atoms with Crippen LogP contribution < -0.4 is 21.3 Å². The normalized spacial score (nSPS) is 15.2. The van der Waals surface area contributed by atoms with Crippen molar-refractivity contribution in [2.75, 3.05) is 29.0 Å². The highest BCUT2D eigenvalue weighted by molar-refractivity contribution is 6.06. The number of alkyl carbamates (subject to hydrolysis) is 1. The topological polar surface area (TPSA) is 148 Å². The van der Waals surface area contributed by atoms with E-state index in [1.54, 1.807) is 32.9 Å². The Labute approximate surface area is 234 Å². The van der Waals surface area contributed by atoms with Crippen LogP contribution in [0.3, 0.4) is 0 Å². The number of nitrogen functional groups attached to an aromatic ring is 1. The maximum atomic E-state index is 13.5. The quantitative estimate of drug-likeness (QED) is 0.397. The van der Waals surface area contributed by atoms with E-state index in [0.29, 0.717) is 31.6 Å². The van der Waals surface area contributed by atoms with Gasteiger partial charge < -0.3 is 26.0 Å². The van der Waals surface area contributed by atoms with Crippen LogP contribution in [-0.2, 0) is 10.9 Å². The van der Waals surface area contributed by atoms with Crippen LogP contribution in [0.2, 0.25) is 0 Å². The van der Waals surface area contributed by atoms with Crippen molar-refractivity contribution in [1.82, 2.24) is 25.3 Å². The SMILES string of the molecule is CC1(NC(=O)OC(C)(C)C)CCN(c2cccnc2NC(=O)c2nc(-c3ncccc3C(F)(F)F)cnc2N)CC1. The summed E-state index contributed by atoms with van der Waals surface area (Å²) in [6.07, 6.45) is -0.267. The molecule has 0 aromatic carbocycles. The maximum absolute atomic E-state index is 13.5. The van der Waals surface area contributed by atoms with Crippen molar-refractivity contribution >= 4 is 29.3 Å². The number of alkyl halides is 3. The smallest absolute Gasteiger partial charge is 0.418 e. The molecule has 0 atom stereocenters. The highest BCUT2D eigenvalue weighted by atomic mass is 19.4. The monoisotopic (exact) mass is 572 g/mol. The number of nitrogens with one attached hydrogen (secondary N) is 2. The lowest BCUT2D eigenvalue weighted by Crippen LogP contribution is -2.54. The summed E-state index contributed by atoms with van der Waals surface area (Å²) in [5.74, 6) is -0.855. The molecule has 3 aromatic heterocycles. The van der Waals surface area contributed by atoms with Crippen molar-refractivity contribution in [1.29, 1.82) is 0 Å². The first-order chi connectivity index (χ1) is 19.2. The van der Waals surface area contributed by atoms with Gasteiger partial charge in [-0.3, -0.25) is 9.78 Å². The molecule has 1 aliphatic heterocycles. The largest absolute Gasteiger partial charge is 0.444 e. The molecule has 1 saturated heterocycles. The molecule has 0 unspecified atom stereocenters. The van der Waals surface area contributed by atoms with E-state index in [2.05, 4.69) is 30.6 Å². The van der Waals surface area contributed by atoms with Crippen LogP contribution in [0.5, 0.6) is 0 Å². The van der Waals surface area contributed by atoms with E-state index in [4.69, 9.17) is 10.5 Å². The summed E-state index contributed by atoms with van der Waals surface area (Å²) in [7, 11) is 0. The lowest BCUT2D eigenvalue weighted by atomic mass is 9.89. The highest BCUT2D eigenvalue weighted by Crippen LogP contribution is 2.35. The molecule has 0 spiro atoms. The molecule has 4 N–H and O–H groups in total. The summed E-state index contributed by atoms with van der Waals surface area (Å²) in [5, 5.41) is 5.61. The number of carbonyl (C=O) groups excluding carboxylic acids is 2. The molecular formula is C27H31F3N8O3. The van der Waals surface area contributed by atoms with Crippen molar-refractivity contribution in [2.45, 2.75) is 57.9 Å². The highest BCUT2D eigenvalue weighted by Gasteiger charge is 2.36. The molecular weight excluding hydrogens is 541 g/mol. The molecule has 218 valence electrons. The predicted octanol–water partition coefficient (Wildman–Crippen LogP) is 4.67. The van der Waals surface area contributed by atoms with Gasteiger partial charge in [-0.1, -0.05) is 0 Å². The first-order valence-corrected chi connectivity index (χ1v) is 12.8. The standard InChI is InChI=1S/C27H31F3N8O3/c1-25(2,3)41-24(40)37-26(4)9-13-38(14-10-26)18-8-6-12-33-22(18)36-23(39)20-21(31)34-15-17(35-20)19-16(27(28,29)30)7-5-11-32-19/h5-8,11-12,15H,9-10,13-14H2,1-4H3,(H2,31,34)(H,37,40)(H,33,36,39). The zero-order valence-electron chi connectivity index (χ0n) is 23.0. The van der Waals surface area contributed by atoms with Gasteiger partial charge in [-0.25, -0.2) is 19.7 Å². The fraction of sp³-hybridized carbons (Fsp3) is 0.407. The van der Waals surface area contributed by atoms with E-state index in [9.17, 15) is 22.8 Å². The van der Waals surface area contributed by atoms with Gasteiger partial charge >= 0.3 is 12.3 Å². The molecule has 11 nitrogen and oxygen atoms in total. The molecule has 4 heterocycles. The fourth-order valence-electron chi connectivity index (χ4n) is 4.35. The number of nitrogens with zero attached hydrogens (tertiary/aromatic N) is 5. The molecule has 3 aromatic rings. The third-order valence-corrected chi connectivity index (χ3v) is 6.40. The summed E-state index contributed by atoms with van der Waals surface area (Å²) in [4.78, 5) is 43.6. The first-order valence-electron chi connectivity index (χ1n) is 12.8. The second-order valence-corrected chi connectivity index (χ2v) is 10.9. The van der Waals surface area contributed by atoms with Crippen molar-refractivity contribution in [2.24, 2.45) is 0 Å². The van der Waals surface area contributed by atoms with Gasteiger partial charge in [-0.05, 0) is 64.8 Å². The number of amides is 2. The van der Waals surface area contributed by atoms with E-state index in [1.807, 2.05) is 11.8 Å². The molecule has 0 saturated carbocycles. The van der Waals surface area contributed by atoms with Gasteiger partial charge in [-0.2, -0.15) is 13.2 Å². The van der Waals surface area contributed by atoms with Crippen molar-refractivity contribution < 1.29 is 27.5 Å². The van der Waals surface area contributed by atoms with E-state index >= 15 is 0 Å². The van der Waals surface area contributed by atoms with Gasteiger partial charge in [0.2, 0.25) is 0 Å². The number of aromatic nitrogens is 4. The van der Waals surface area contributed by atoms with Gasteiger partial charge in [0.05, 0.1) is 17.4 Å². The lowest BCUT2D eigenvalue weighted by Gasteiger charge is -2.41. The van der Waals surface area contributed by atoms with E-state index in [-0.39, 0.29) is 23.0 Å². The average Bonchev–Trinajstić information content (AvgIpc) is 2.88. The third-order valence-electron chi connectivity index (χ3n) is 6.40. The number of ether oxygens (including phenoxy) is 1. The Morgan fingerprint density at radius 3 is 2.37 bits per heavy atom. The Bertz CT molecular complexity index is 1430. The number of carbonyl (C=O) groups is 2. The van der Waals surface area contributed by atoms with E-state index < -0.39 is 40.6 Å². The average molecular weight is 573 g/mol. The second-order valence-electron chi connectivity index (χ2n) is 10.9. The molecule has 1 fully saturated rings. The summed E-state index contributed by atoms with van der Waals surface area (Å²) < 4.78 is 46.0. The van der Waals surface area contributed by atoms with Crippen LogP contribution in [0.4, 0.5) is 35.3 Å². The summed E-state index contributed by atoms with van der Waals surface area (Å²) in [5.41, 5.74) is 3.27. The number of nitrogens with two attached hydrogens (primary N) is 1. The molecule has 0 radical (unpaired) electrons. The maximum Gasteiger partial charge on any atom is 0.418 e. The van der Waals surface area contributed by atoms with Gasteiger partial charge in [0.1, 0.15) is 17.0 Å². The van der Waals surface area contributed by atoms with Gasteiger partial charge in [0, 0.05) is 31.0 Å². The molecule has 14 heteroatoms. The Kier molecular flexibility index (Phi) is 8.04. The van der Waals surface area contributed by atoms with Gasteiger partial charge in [0.25, 0.3) is 5.91 Å². The van der Waals surface area contributed by atoms with Crippen LogP contribution in [0.25, 0.3) is 11.4 Å². The molecule has 4 rings (SSSR count). The Hall–Kier alpha value is -4.49. The van der Waals surface area contributed by atoms with Crippen molar-refractivity contribution in [3.05, 3.63) is 54.1 Å². The fourth-order valence-corrected chi connectivity index (χ4v) is 4.35. The van der Waals surface area contributed by atoms with Gasteiger partial charge in [0.15, 0.2) is 17.3 Å². The number of rotatable bonds is 5.